The zero-order valence-corrected chi connectivity index (χ0v) is 20.4. The standard InChI is InChI=1S/C27H35F2N3O2/c1-19(2)31-11-7-5-4-6-8-12-32(20(3)33)26-10-9-22(15-23(26)18-31)27(34)30-17-21-13-24(28)16-25(29)14-21/h9-10,13-16,19H,4-8,11-12,17-18H2,1-3H3,(H,30,34). The predicted octanol–water partition coefficient (Wildman–Crippen LogP) is 5.42. The second-order valence-electron chi connectivity index (χ2n) is 9.31. The van der Waals surface area contributed by atoms with Crippen LogP contribution in [-0.2, 0) is 17.9 Å². The molecule has 2 aromatic carbocycles. The van der Waals surface area contributed by atoms with Gasteiger partial charge in [0.1, 0.15) is 11.6 Å². The Bertz CT molecular complexity index is 989. The number of fused-ring (bicyclic) bond motifs is 1. The van der Waals surface area contributed by atoms with E-state index in [1.165, 1.54) is 25.0 Å². The van der Waals surface area contributed by atoms with Gasteiger partial charge in [-0.2, -0.15) is 0 Å². The molecule has 1 aliphatic rings. The van der Waals surface area contributed by atoms with Gasteiger partial charge < -0.3 is 10.2 Å². The third-order valence-electron chi connectivity index (χ3n) is 6.32. The minimum Gasteiger partial charge on any atom is -0.348 e. The normalized spacial score (nSPS) is 15.9. The minimum absolute atomic E-state index is 0.0141. The summed E-state index contributed by atoms with van der Waals surface area (Å²) < 4.78 is 26.9. The van der Waals surface area contributed by atoms with Crippen LogP contribution in [-0.4, -0.2) is 35.8 Å². The van der Waals surface area contributed by atoms with E-state index in [-0.39, 0.29) is 18.4 Å². The van der Waals surface area contributed by atoms with Gasteiger partial charge in [-0.1, -0.05) is 19.3 Å². The molecule has 5 nitrogen and oxygen atoms in total. The van der Waals surface area contributed by atoms with Crippen LogP contribution in [0.25, 0.3) is 0 Å². The number of halogens is 2. The Morgan fingerprint density at radius 2 is 1.59 bits per heavy atom. The van der Waals surface area contributed by atoms with E-state index >= 15 is 0 Å². The zero-order chi connectivity index (χ0) is 24.7. The predicted molar refractivity (Wildman–Crippen MR) is 131 cm³/mol. The number of hydrogen-bond acceptors (Lipinski definition) is 3. The lowest BCUT2D eigenvalue weighted by Crippen LogP contribution is -2.35. The largest absolute Gasteiger partial charge is 0.348 e. The maximum absolute atomic E-state index is 13.5. The summed E-state index contributed by atoms with van der Waals surface area (Å²) in [4.78, 5) is 29.6. The summed E-state index contributed by atoms with van der Waals surface area (Å²) in [6.07, 6.45) is 5.48. The number of rotatable bonds is 4. The van der Waals surface area contributed by atoms with E-state index in [1.54, 1.807) is 13.0 Å². The molecule has 0 fully saturated rings. The fraction of sp³-hybridized carbons (Fsp3) is 0.481. The molecule has 2 amide bonds. The Hall–Kier alpha value is -2.80. The Balaban J connectivity index is 1.88. The molecule has 0 unspecified atom stereocenters. The lowest BCUT2D eigenvalue weighted by Gasteiger charge is -2.31. The van der Waals surface area contributed by atoms with Crippen LogP contribution in [0.4, 0.5) is 14.5 Å². The smallest absolute Gasteiger partial charge is 0.251 e. The minimum atomic E-state index is -0.679. The van der Waals surface area contributed by atoms with Crippen LogP contribution in [0.2, 0.25) is 0 Å². The van der Waals surface area contributed by atoms with E-state index in [1.807, 2.05) is 17.0 Å². The molecule has 0 saturated carbocycles. The molecule has 0 aromatic heterocycles. The lowest BCUT2D eigenvalue weighted by molar-refractivity contribution is -0.116. The molecular formula is C27H35F2N3O2. The fourth-order valence-corrected chi connectivity index (χ4v) is 4.42. The average molecular weight is 472 g/mol. The molecule has 184 valence electrons. The number of benzene rings is 2. The van der Waals surface area contributed by atoms with Crippen LogP contribution in [0.15, 0.2) is 36.4 Å². The second kappa shape index (κ2) is 12.1. The summed E-state index contributed by atoms with van der Waals surface area (Å²) in [5, 5.41) is 2.75. The molecule has 2 aromatic rings. The first-order valence-corrected chi connectivity index (χ1v) is 12.1. The summed E-state index contributed by atoms with van der Waals surface area (Å²) in [6, 6.07) is 8.92. The highest BCUT2D eigenvalue weighted by Crippen LogP contribution is 2.27. The summed E-state index contributed by atoms with van der Waals surface area (Å²) in [5.41, 5.74) is 2.57. The number of nitrogens with zero attached hydrogens (tertiary/aromatic N) is 2. The Morgan fingerprint density at radius 3 is 2.24 bits per heavy atom. The van der Waals surface area contributed by atoms with Crippen LogP contribution in [0.3, 0.4) is 0 Å². The Labute approximate surface area is 201 Å². The first-order chi connectivity index (χ1) is 16.2. The van der Waals surface area contributed by atoms with Crippen molar-refractivity contribution in [3.8, 4) is 0 Å². The topological polar surface area (TPSA) is 52.7 Å². The number of hydrogen-bond donors (Lipinski definition) is 1. The molecule has 0 atom stereocenters. The van der Waals surface area contributed by atoms with Crippen molar-refractivity contribution in [3.63, 3.8) is 0 Å². The van der Waals surface area contributed by atoms with Gasteiger partial charge in [-0.15, -0.1) is 0 Å². The van der Waals surface area contributed by atoms with Crippen molar-refractivity contribution in [2.45, 2.75) is 72.0 Å². The molecule has 0 aliphatic carbocycles. The second-order valence-corrected chi connectivity index (χ2v) is 9.31. The maximum atomic E-state index is 13.5. The van der Waals surface area contributed by atoms with E-state index < -0.39 is 11.6 Å². The molecule has 3 rings (SSSR count). The van der Waals surface area contributed by atoms with Gasteiger partial charge in [0.2, 0.25) is 5.91 Å². The van der Waals surface area contributed by atoms with Crippen LogP contribution >= 0.6 is 0 Å². The van der Waals surface area contributed by atoms with Crippen molar-refractivity contribution < 1.29 is 18.4 Å². The van der Waals surface area contributed by atoms with Gasteiger partial charge >= 0.3 is 0 Å². The van der Waals surface area contributed by atoms with Crippen molar-refractivity contribution in [2.75, 3.05) is 18.0 Å². The van der Waals surface area contributed by atoms with Crippen LogP contribution < -0.4 is 10.2 Å². The molecule has 1 N–H and O–H groups in total. The van der Waals surface area contributed by atoms with E-state index in [0.29, 0.717) is 30.3 Å². The summed E-state index contributed by atoms with van der Waals surface area (Å²) >= 11 is 0. The van der Waals surface area contributed by atoms with Crippen molar-refractivity contribution >= 4 is 17.5 Å². The molecule has 0 bridgehead atoms. The number of nitrogens with one attached hydrogen (secondary N) is 1. The monoisotopic (exact) mass is 471 g/mol. The van der Waals surface area contributed by atoms with E-state index in [9.17, 15) is 18.4 Å². The number of amides is 2. The van der Waals surface area contributed by atoms with Crippen molar-refractivity contribution in [1.29, 1.82) is 0 Å². The first-order valence-electron chi connectivity index (χ1n) is 12.1. The van der Waals surface area contributed by atoms with Crippen LogP contribution in [0.5, 0.6) is 0 Å². The molecule has 34 heavy (non-hydrogen) atoms. The van der Waals surface area contributed by atoms with Gasteiger partial charge in [0.15, 0.2) is 0 Å². The molecule has 1 heterocycles. The van der Waals surface area contributed by atoms with Crippen LogP contribution in [0.1, 0.15) is 74.4 Å². The molecule has 1 aliphatic heterocycles. The molecule has 0 saturated heterocycles. The summed E-state index contributed by atoms with van der Waals surface area (Å²) in [7, 11) is 0. The Kier molecular flexibility index (Phi) is 9.16. The number of anilines is 1. The number of carbonyl (C=O) groups excluding carboxylic acids is 2. The molecule has 7 heteroatoms. The van der Waals surface area contributed by atoms with E-state index in [0.717, 1.165) is 43.1 Å². The third-order valence-corrected chi connectivity index (χ3v) is 6.32. The Morgan fingerprint density at radius 1 is 0.941 bits per heavy atom. The summed E-state index contributed by atoms with van der Waals surface area (Å²) in [6.45, 7) is 8.15. The fourth-order valence-electron chi connectivity index (χ4n) is 4.42. The third kappa shape index (κ3) is 7.10. The number of carbonyl (C=O) groups is 2. The van der Waals surface area contributed by atoms with E-state index in [2.05, 4.69) is 24.1 Å². The van der Waals surface area contributed by atoms with Crippen molar-refractivity contribution in [2.24, 2.45) is 0 Å². The van der Waals surface area contributed by atoms with Gasteiger partial charge in [0.25, 0.3) is 5.91 Å². The molecule has 0 radical (unpaired) electrons. The molecule has 0 spiro atoms. The highest BCUT2D eigenvalue weighted by molar-refractivity contribution is 5.97. The SMILES string of the molecule is CC(=O)N1CCCCCCCN(C(C)C)Cc2cc(C(=O)NCc3cc(F)cc(F)c3)ccc21. The highest BCUT2D eigenvalue weighted by Gasteiger charge is 2.21. The first kappa shape index (κ1) is 25.8. The zero-order valence-electron chi connectivity index (χ0n) is 20.4. The molecular weight excluding hydrogens is 436 g/mol. The van der Waals surface area contributed by atoms with Crippen molar-refractivity contribution in [1.82, 2.24) is 10.2 Å². The highest BCUT2D eigenvalue weighted by atomic mass is 19.1. The van der Waals surface area contributed by atoms with Gasteiger partial charge in [-0.25, -0.2) is 8.78 Å². The van der Waals surface area contributed by atoms with Crippen molar-refractivity contribution in [3.05, 3.63) is 64.7 Å². The van der Waals surface area contributed by atoms with E-state index in [4.69, 9.17) is 0 Å². The maximum Gasteiger partial charge on any atom is 0.251 e. The lowest BCUT2D eigenvalue weighted by atomic mass is 10.0. The van der Waals surface area contributed by atoms with Crippen LogP contribution in [0, 0.1) is 11.6 Å². The quantitative estimate of drug-likeness (QED) is 0.648. The van der Waals surface area contributed by atoms with Gasteiger partial charge in [-0.05, 0) is 74.7 Å². The van der Waals surface area contributed by atoms with Gasteiger partial charge in [-0.3, -0.25) is 14.5 Å². The van der Waals surface area contributed by atoms with Gasteiger partial charge in [0, 0.05) is 49.9 Å². The van der Waals surface area contributed by atoms with Gasteiger partial charge in [0.05, 0.1) is 0 Å². The summed E-state index contributed by atoms with van der Waals surface area (Å²) in [5.74, 6) is -1.70. The average Bonchev–Trinajstić information content (AvgIpc) is 2.76.